The van der Waals surface area contributed by atoms with E-state index in [4.69, 9.17) is 5.11 Å². The lowest BCUT2D eigenvalue weighted by atomic mass is 9.98. The molecular formula is C23H14N4O3. The van der Waals surface area contributed by atoms with Crippen molar-refractivity contribution in [1.29, 1.82) is 5.26 Å². The molecule has 0 aliphatic carbocycles. The number of pyridine rings is 1. The molecule has 0 aliphatic heterocycles. The predicted molar refractivity (Wildman–Crippen MR) is 108 cm³/mol. The zero-order valence-electron chi connectivity index (χ0n) is 15.6. The number of carboxylic acid groups (broad SMARTS) is 1. The minimum Gasteiger partial charge on any atom is -0.478 e. The third-order valence-corrected chi connectivity index (χ3v) is 4.57. The molecule has 0 amide bonds. The fraction of sp³-hybridized carbons (Fsp3) is 0. The van der Waals surface area contributed by atoms with E-state index < -0.39 is 5.97 Å². The summed E-state index contributed by atoms with van der Waals surface area (Å²) in [5.41, 5.74) is 2.87. The van der Waals surface area contributed by atoms with E-state index in [0.29, 0.717) is 28.1 Å². The molecule has 0 saturated carbocycles. The largest absolute Gasteiger partial charge is 0.478 e. The van der Waals surface area contributed by atoms with E-state index in [2.05, 4.69) is 16.2 Å². The van der Waals surface area contributed by atoms with Crippen LogP contribution in [0.1, 0.15) is 31.8 Å². The van der Waals surface area contributed by atoms with Gasteiger partial charge in [0.25, 0.3) is 0 Å². The Morgan fingerprint density at radius 3 is 2.27 bits per heavy atom. The van der Waals surface area contributed by atoms with E-state index in [1.807, 2.05) is 18.2 Å². The maximum absolute atomic E-state index is 12.6. The molecule has 0 radical (unpaired) electrons. The molecule has 0 spiro atoms. The normalized spacial score (nSPS) is 10.4. The van der Waals surface area contributed by atoms with Crippen LogP contribution in [0.3, 0.4) is 0 Å². The number of nitriles is 1. The van der Waals surface area contributed by atoms with Gasteiger partial charge in [0.2, 0.25) is 0 Å². The lowest BCUT2D eigenvalue weighted by molar-refractivity contribution is 0.0696. The molecule has 2 aromatic carbocycles. The van der Waals surface area contributed by atoms with Crippen LogP contribution in [0.2, 0.25) is 0 Å². The number of carbonyl (C=O) groups is 2. The molecule has 30 heavy (non-hydrogen) atoms. The van der Waals surface area contributed by atoms with Crippen molar-refractivity contribution in [1.82, 2.24) is 14.8 Å². The second-order valence-electron chi connectivity index (χ2n) is 6.45. The number of rotatable bonds is 5. The predicted octanol–water partition coefficient (Wildman–Crippen LogP) is 3.74. The molecule has 144 valence electrons. The highest BCUT2D eigenvalue weighted by molar-refractivity contribution is 6.09. The molecule has 7 nitrogen and oxygen atoms in total. The molecule has 0 atom stereocenters. The summed E-state index contributed by atoms with van der Waals surface area (Å²) in [6.07, 6.45) is 4.08. The van der Waals surface area contributed by atoms with Crippen molar-refractivity contribution in [2.24, 2.45) is 0 Å². The summed E-state index contributed by atoms with van der Waals surface area (Å²) in [5, 5.41) is 22.6. The minimum atomic E-state index is -1.09. The van der Waals surface area contributed by atoms with Crippen molar-refractivity contribution >= 4 is 11.8 Å². The molecule has 2 heterocycles. The second-order valence-corrected chi connectivity index (χ2v) is 6.45. The zero-order valence-corrected chi connectivity index (χ0v) is 15.6. The summed E-state index contributed by atoms with van der Waals surface area (Å²) in [6, 6.07) is 19.6. The van der Waals surface area contributed by atoms with Crippen LogP contribution in [0.5, 0.6) is 0 Å². The summed E-state index contributed by atoms with van der Waals surface area (Å²) in [4.78, 5) is 27.9. The molecule has 0 bridgehead atoms. The Bertz CT molecular complexity index is 1290. The van der Waals surface area contributed by atoms with Crippen LogP contribution in [0, 0.1) is 11.3 Å². The minimum absolute atomic E-state index is 0.0260. The van der Waals surface area contributed by atoms with Gasteiger partial charge in [-0.15, -0.1) is 0 Å². The Kier molecular flexibility index (Phi) is 4.89. The third-order valence-electron chi connectivity index (χ3n) is 4.57. The van der Waals surface area contributed by atoms with Crippen LogP contribution >= 0.6 is 0 Å². The highest BCUT2D eigenvalue weighted by atomic mass is 16.4. The fourth-order valence-electron chi connectivity index (χ4n) is 3.01. The molecule has 4 rings (SSSR count). The first-order valence-electron chi connectivity index (χ1n) is 8.95. The number of ketones is 1. The van der Waals surface area contributed by atoms with E-state index in [9.17, 15) is 14.9 Å². The molecule has 1 N–H and O–H groups in total. The summed E-state index contributed by atoms with van der Waals surface area (Å²) in [5.74, 6) is -0.841. The zero-order chi connectivity index (χ0) is 21.1. The van der Waals surface area contributed by atoms with Crippen LogP contribution < -0.4 is 0 Å². The average Bonchev–Trinajstić information content (AvgIpc) is 3.30. The number of hydrogen-bond donors (Lipinski definition) is 1. The standard InChI is InChI=1S/C23H14N4O3/c24-11-18-10-21(27-14-19(12-26-27)23(29)30)25-13-20(18)15-6-8-17(9-7-15)22(28)16-4-2-1-3-5-16/h1-10,12-14H,(H,29,30). The van der Waals surface area contributed by atoms with Crippen molar-refractivity contribution in [3.63, 3.8) is 0 Å². The number of carboxylic acids is 1. The lowest BCUT2D eigenvalue weighted by Crippen LogP contribution is -2.01. The number of hydrogen-bond acceptors (Lipinski definition) is 5. The first-order valence-corrected chi connectivity index (χ1v) is 8.95. The molecular weight excluding hydrogens is 380 g/mol. The van der Waals surface area contributed by atoms with Crippen LogP contribution in [-0.4, -0.2) is 31.6 Å². The summed E-state index contributed by atoms with van der Waals surface area (Å²) < 4.78 is 1.30. The van der Waals surface area contributed by atoms with E-state index in [-0.39, 0.29) is 11.3 Å². The van der Waals surface area contributed by atoms with Gasteiger partial charge in [-0.2, -0.15) is 10.4 Å². The van der Waals surface area contributed by atoms with Crippen molar-refractivity contribution in [3.05, 3.63) is 102 Å². The molecule has 2 aromatic heterocycles. The topological polar surface area (TPSA) is 109 Å². The SMILES string of the molecule is N#Cc1cc(-n2cc(C(=O)O)cn2)ncc1-c1ccc(C(=O)c2ccccc2)cc1. The molecule has 0 fully saturated rings. The van der Waals surface area contributed by atoms with Gasteiger partial charge in [0, 0.05) is 35.2 Å². The molecule has 4 aromatic rings. The van der Waals surface area contributed by atoms with E-state index in [1.165, 1.54) is 29.3 Å². The second kappa shape index (κ2) is 7.81. The Morgan fingerprint density at radius 2 is 1.63 bits per heavy atom. The van der Waals surface area contributed by atoms with Crippen molar-refractivity contribution in [3.8, 4) is 23.0 Å². The molecule has 7 heteroatoms. The average molecular weight is 394 g/mol. The van der Waals surface area contributed by atoms with Crippen LogP contribution in [0.4, 0.5) is 0 Å². The fourth-order valence-corrected chi connectivity index (χ4v) is 3.01. The molecule has 0 unspecified atom stereocenters. The smallest absolute Gasteiger partial charge is 0.338 e. The summed E-state index contributed by atoms with van der Waals surface area (Å²) >= 11 is 0. The van der Waals surface area contributed by atoms with E-state index in [0.717, 1.165) is 5.56 Å². The Morgan fingerprint density at radius 1 is 0.933 bits per heavy atom. The van der Waals surface area contributed by atoms with Crippen LogP contribution in [0.25, 0.3) is 16.9 Å². The third kappa shape index (κ3) is 3.57. The van der Waals surface area contributed by atoms with Gasteiger partial charge in [-0.05, 0) is 5.56 Å². The maximum Gasteiger partial charge on any atom is 0.338 e. The number of nitrogens with zero attached hydrogens (tertiary/aromatic N) is 4. The number of carbonyl (C=O) groups excluding carboxylic acids is 1. The molecule has 0 aliphatic rings. The molecule has 0 saturated heterocycles. The number of aromatic nitrogens is 3. The van der Waals surface area contributed by atoms with Gasteiger partial charge in [-0.3, -0.25) is 4.79 Å². The van der Waals surface area contributed by atoms with Gasteiger partial charge in [0.05, 0.1) is 23.4 Å². The van der Waals surface area contributed by atoms with Gasteiger partial charge < -0.3 is 5.11 Å². The van der Waals surface area contributed by atoms with Gasteiger partial charge in [-0.1, -0.05) is 54.6 Å². The Labute approximate surface area is 171 Å². The highest BCUT2D eigenvalue weighted by Gasteiger charge is 2.13. The Hall–Kier alpha value is -4.57. The number of aromatic carboxylic acids is 1. The van der Waals surface area contributed by atoms with Crippen molar-refractivity contribution in [2.75, 3.05) is 0 Å². The van der Waals surface area contributed by atoms with E-state index in [1.54, 1.807) is 36.4 Å². The maximum atomic E-state index is 12.6. The van der Waals surface area contributed by atoms with Crippen LogP contribution in [-0.2, 0) is 0 Å². The van der Waals surface area contributed by atoms with Gasteiger partial charge in [-0.25, -0.2) is 14.5 Å². The van der Waals surface area contributed by atoms with Gasteiger partial charge in [0.1, 0.15) is 0 Å². The Balaban J connectivity index is 1.64. The van der Waals surface area contributed by atoms with Crippen molar-refractivity contribution in [2.45, 2.75) is 0 Å². The summed E-state index contributed by atoms with van der Waals surface area (Å²) in [6.45, 7) is 0. The monoisotopic (exact) mass is 394 g/mol. The van der Waals surface area contributed by atoms with Gasteiger partial charge >= 0.3 is 5.97 Å². The van der Waals surface area contributed by atoms with Gasteiger partial charge in [0.15, 0.2) is 11.6 Å². The number of benzene rings is 2. The van der Waals surface area contributed by atoms with Crippen LogP contribution in [0.15, 0.2) is 79.3 Å². The quantitative estimate of drug-likeness (QED) is 0.517. The lowest BCUT2D eigenvalue weighted by Gasteiger charge is -2.08. The first kappa shape index (κ1) is 18.8. The van der Waals surface area contributed by atoms with E-state index >= 15 is 0 Å². The first-order chi connectivity index (χ1) is 14.6. The van der Waals surface area contributed by atoms with Crippen molar-refractivity contribution < 1.29 is 14.7 Å². The highest BCUT2D eigenvalue weighted by Crippen LogP contribution is 2.25. The summed E-state index contributed by atoms with van der Waals surface area (Å²) in [7, 11) is 0.